The van der Waals surface area contributed by atoms with Gasteiger partial charge >= 0.3 is 0 Å². The van der Waals surface area contributed by atoms with Crippen molar-refractivity contribution in [3.05, 3.63) is 60.7 Å². The fraction of sp³-hybridized carbons (Fsp3) is 0.100. The number of hydrogen-bond donors (Lipinski definition) is 0. The second kappa shape index (κ2) is 7.43. The molecule has 0 radical (unpaired) electrons. The van der Waals surface area contributed by atoms with E-state index in [1.165, 1.54) is 0 Å². The Morgan fingerprint density at radius 3 is 1.50 bits per heavy atom. The topological polar surface area (TPSA) is 44.2 Å². The van der Waals surface area contributed by atoms with E-state index >= 15 is 0 Å². The summed E-state index contributed by atoms with van der Waals surface area (Å²) >= 11 is 0. The van der Waals surface area contributed by atoms with Gasteiger partial charge in [0.1, 0.15) is 32.6 Å². The van der Waals surface area contributed by atoms with E-state index in [0.29, 0.717) is 0 Å². The second-order valence-corrected chi connectivity index (χ2v) is 7.70. The number of methoxy groups -OCH3 is 2. The first-order valence-electron chi connectivity index (χ1n) is 8.00. The van der Waals surface area contributed by atoms with E-state index in [1.54, 1.807) is 35.8 Å². The highest BCUT2D eigenvalue weighted by Gasteiger charge is 2.08. The number of aromatic nitrogens is 2. The number of benzene rings is 2. The van der Waals surface area contributed by atoms with Crippen LogP contribution in [0.1, 0.15) is 0 Å². The third-order valence-corrected chi connectivity index (χ3v) is 6.12. The van der Waals surface area contributed by atoms with Gasteiger partial charge in [-0.1, -0.05) is 24.3 Å². The molecule has 0 aliphatic carbocycles. The molecular weight excluding hydrogens is 364 g/mol. The monoisotopic (exact) mass is 380 g/mol. The lowest BCUT2D eigenvalue weighted by molar-refractivity contribution is 0.418. The van der Waals surface area contributed by atoms with Gasteiger partial charge in [0.25, 0.3) is 0 Å². The highest BCUT2D eigenvalue weighted by Crippen LogP contribution is 2.38. The maximum atomic E-state index is 5.41. The highest BCUT2D eigenvalue weighted by atomic mass is 33.1. The van der Waals surface area contributed by atoms with Crippen molar-refractivity contribution in [3.63, 3.8) is 0 Å². The molecule has 0 atom stereocenters. The van der Waals surface area contributed by atoms with Crippen molar-refractivity contribution in [2.24, 2.45) is 0 Å². The van der Waals surface area contributed by atoms with Crippen LogP contribution in [-0.2, 0) is 0 Å². The largest absolute Gasteiger partial charge is 0.494 e. The van der Waals surface area contributed by atoms with Crippen molar-refractivity contribution >= 4 is 43.4 Å². The summed E-state index contributed by atoms with van der Waals surface area (Å²) in [5.41, 5.74) is 1.74. The number of hydrogen-bond acceptors (Lipinski definition) is 6. The molecule has 4 rings (SSSR count). The van der Waals surface area contributed by atoms with E-state index < -0.39 is 0 Å². The lowest BCUT2D eigenvalue weighted by Gasteiger charge is -2.07. The summed E-state index contributed by atoms with van der Waals surface area (Å²) < 4.78 is 10.8. The van der Waals surface area contributed by atoms with Crippen LogP contribution in [-0.4, -0.2) is 24.2 Å². The third kappa shape index (κ3) is 3.30. The van der Waals surface area contributed by atoms with Crippen molar-refractivity contribution in [1.82, 2.24) is 9.97 Å². The molecule has 0 saturated heterocycles. The van der Waals surface area contributed by atoms with Crippen molar-refractivity contribution < 1.29 is 9.47 Å². The van der Waals surface area contributed by atoms with E-state index in [0.717, 1.165) is 43.4 Å². The number of fused-ring (bicyclic) bond motifs is 2. The molecule has 4 aromatic rings. The maximum absolute atomic E-state index is 5.41. The summed E-state index contributed by atoms with van der Waals surface area (Å²) in [5, 5.41) is 3.95. The molecule has 0 saturated carbocycles. The van der Waals surface area contributed by atoms with Gasteiger partial charge < -0.3 is 9.47 Å². The normalized spacial score (nSPS) is 11.0. The summed E-state index contributed by atoms with van der Waals surface area (Å²) in [7, 11) is 6.48. The zero-order chi connectivity index (χ0) is 17.9. The van der Waals surface area contributed by atoms with Crippen LogP contribution in [0.2, 0.25) is 0 Å². The van der Waals surface area contributed by atoms with E-state index in [2.05, 4.69) is 12.1 Å². The van der Waals surface area contributed by atoms with E-state index in [9.17, 15) is 0 Å². The van der Waals surface area contributed by atoms with Crippen LogP contribution in [0.4, 0.5) is 0 Å². The Balaban J connectivity index is 1.61. The second-order valence-electron chi connectivity index (χ2n) is 5.53. The minimum atomic E-state index is 0.781. The van der Waals surface area contributed by atoms with Crippen molar-refractivity contribution in [2.45, 2.75) is 10.1 Å². The van der Waals surface area contributed by atoms with Gasteiger partial charge in [-0.15, -0.1) is 0 Å². The molecule has 0 spiro atoms. The standard InChI is InChI=1S/C20H16N2O2S2/c1-23-15-7-3-5-13-9-11-17(21-19(13)15)25-26-18-12-10-14-6-4-8-16(24-2)20(14)22-18/h3-12H,1-2H3. The first kappa shape index (κ1) is 17.0. The molecule has 2 heterocycles. The fourth-order valence-corrected chi connectivity index (χ4v) is 4.46. The zero-order valence-corrected chi connectivity index (χ0v) is 15.9. The Morgan fingerprint density at radius 1 is 0.615 bits per heavy atom. The minimum absolute atomic E-state index is 0.781. The zero-order valence-electron chi connectivity index (χ0n) is 14.3. The third-order valence-electron chi connectivity index (χ3n) is 3.97. The van der Waals surface area contributed by atoms with E-state index in [-0.39, 0.29) is 0 Å². The molecule has 0 N–H and O–H groups in total. The number of rotatable bonds is 5. The smallest absolute Gasteiger partial charge is 0.145 e. The quantitative estimate of drug-likeness (QED) is 0.420. The fourth-order valence-electron chi connectivity index (χ4n) is 2.71. The molecule has 0 aliphatic rings. The molecule has 4 nitrogen and oxygen atoms in total. The Labute approximate surface area is 159 Å². The van der Waals surface area contributed by atoms with Crippen molar-refractivity contribution in [2.75, 3.05) is 14.2 Å². The summed E-state index contributed by atoms with van der Waals surface area (Å²) in [5.74, 6) is 1.56. The Kier molecular flexibility index (Phi) is 4.86. The van der Waals surface area contributed by atoms with Gasteiger partial charge in [-0.25, -0.2) is 9.97 Å². The van der Waals surface area contributed by atoms with Gasteiger partial charge in [0.15, 0.2) is 0 Å². The lowest BCUT2D eigenvalue weighted by atomic mass is 10.2. The predicted molar refractivity (Wildman–Crippen MR) is 108 cm³/mol. The van der Waals surface area contributed by atoms with Crippen molar-refractivity contribution in [3.8, 4) is 11.5 Å². The molecule has 6 heteroatoms. The van der Waals surface area contributed by atoms with Crippen LogP contribution in [0.25, 0.3) is 21.8 Å². The molecule has 0 aliphatic heterocycles. The van der Waals surface area contributed by atoms with Crippen LogP contribution in [0.3, 0.4) is 0 Å². The molecule has 0 unspecified atom stereocenters. The van der Waals surface area contributed by atoms with E-state index in [4.69, 9.17) is 19.4 Å². The average molecular weight is 380 g/mol. The van der Waals surface area contributed by atoms with E-state index in [1.807, 2.05) is 48.5 Å². The van der Waals surface area contributed by atoms with Crippen LogP contribution in [0.5, 0.6) is 11.5 Å². The summed E-state index contributed by atoms with van der Waals surface area (Å²) in [6.45, 7) is 0. The van der Waals surface area contributed by atoms with Gasteiger partial charge in [-0.2, -0.15) is 0 Å². The molecular formula is C20H16N2O2S2. The van der Waals surface area contributed by atoms with Crippen molar-refractivity contribution in [1.29, 1.82) is 0 Å². The van der Waals surface area contributed by atoms with Gasteiger partial charge in [0, 0.05) is 10.8 Å². The molecule has 2 aromatic heterocycles. The summed E-state index contributed by atoms with van der Waals surface area (Å²) in [6.07, 6.45) is 0. The maximum Gasteiger partial charge on any atom is 0.145 e. The first-order chi connectivity index (χ1) is 12.8. The summed E-state index contributed by atoms with van der Waals surface area (Å²) in [6, 6.07) is 20.0. The highest BCUT2D eigenvalue weighted by molar-refractivity contribution is 8.76. The average Bonchev–Trinajstić information content (AvgIpc) is 2.71. The predicted octanol–water partition coefficient (Wildman–Crippen LogP) is 5.60. The molecule has 26 heavy (non-hydrogen) atoms. The Bertz CT molecular complexity index is 998. The number of para-hydroxylation sites is 2. The molecule has 0 fully saturated rings. The van der Waals surface area contributed by atoms with Gasteiger partial charge in [-0.3, -0.25) is 0 Å². The van der Waals surface area contributed by atoms with Gasteiger partial charge in [0.05, 0.1) is 14.2 Å². The van der Waals surface area contributed by atoms with Crippen LogP contribution < -0.4 is 9.47 Å². The Morgan fingerprint density at radius 2 is 1.08 bits per heavy atom. The first-order valence-corrected chi connectivity index (χ1v) is 10.2. The molecule has 2 aromatic carbocycles. The Hall–Kier alpha value is -2.44. The SMILES string of the molecule is COc1cccc2ccc(SSc3ccc4cccc(OC)c4n3)nc12. The molecule has 130 valence electrons. The van der Waals surface area contributed by atoms with Crippen LogP contribution in [0, 0.1) is 0 Å². The van der Waals surface area contributed by atoms with Crippen LogP contribution in [0.15, 0.2) is 70.7 Å². The molecule has 0 amide bonds. The van der Waals surface area contributed by atoms with Gasteiger partial charge in [-0.05, 0) is 58.0 Å². The van der Waals surface area contributed by atoms with Crippen LogP contribution >= 0.6 is 21.6 Å². The minimum Gasteiger partial charge on any atom is -0.494 e. The lowest BCUT2D eigenvalue weighted by Crippen LogP contribution is -1.89. The number of pyridine rings is 2. The summed E-state index contributed by atoms with van der Waals surface area (Å²) in [4.78, 5) is 9.44. The number of nitrogens with zero attached hydrogens (tertiary/aromatic N) is 2. The molecule has 0 bridgehead atoms. The van der Waals surface area contributed by atoms with Gasteiger partial charge in [0.2, 0.25) is 0 Å². The number of ether oxygens (including phenoxy) is 2.